The fourth-order valence-corrected chi connectivity index (χ4v) is 2.35. The average Bonchev–Trinajstić information content (AvgIpc) is 3.09. The van der Waals surface area contributed by atoms with Crippen molar-refractivity contribution in [3.63, 3.8) is 0 Å². The number of hydrogen-bond donors (Lipinski definition) is 1. The molecule has 0 aromatic heterocycles. The van der Waals surface area contributed by atoms with Gasteiger partial charge in [0.15, 0.2) is 11.5 Å². The van der Waals surface area contributed by atoms with Crippen LogP contribution in [0.4, 0.5) is 0 Å². The van der Waals surface area contributed by atoms with Gasteiger partial charge in [-0.1, -0.05) is 11.6 Å². The van der Waals surface area contributed by atoms with Crippen LogP contribution in [0.1, 0.15) is 18.4 Å². The molecule has 1 aromatic carbocycles. The molecule has 2 rings (SSSR count). The van der Waals surface area contributed by atoms with E-state index < -0.39 is 0 Å². The molecule has 0 bridgehead atoms. The van der Waals surface area contributed by atoms with E-state index in [1.54, 1.807) is 20.3 Å². The Hall–Kier alpha value is -0.930. The maximum Gasteiger partial charge on any atom is 0.162 e. The maximum atomic E-state index is 6.25. The summed E-state index contributed by atoms with van der Waals surface area (Å²) in [5.41, 5.74) is 6.95. The summed E-state index contributed by atoms with van der Waals surface area (Å²) >= 11 is 6.25. The summed E-state index contributed by atoms with van der Waals surface area (Å²) in [6.07, 6.45) is 2.19. The van der Waals surface area contributed by atoms with Gasteiger partial charge in [-0.2, -0.15) is 0 Å². The monoisotopic (exact) mass is 241 g/mol. The Morgan fingerprint density at radius 3 is 2.25 bits per heavy atom. The molecule has 0 spiro atoms. The summed E-state index contributed by atoms with van der Waals surface area (Å²) in [5.74, 6) is 1.37. The highest BCUT2D eigenvalue weighted by Gasteiger charge is 2.44. The third kappa shape index (κ3) is 1.74. The minimum absolute atomic E-state index is 0.0661. The van der Waals surface area contributed by atoms with Gasteiger partial charge in [-0.15, -0.1) is 0 Å². The number of nitrogens with two attached hydrogens (primary N) is 1. The molecule has 0 unspecified atom stereocenters. The molecule has 3 nitrogen and oxygen atoms in total. The van der Waals surface area contributed by atoms with Gasteiger partial charge < -0.3 is 15.2 Å². The molecule has 0 aliphatic heterocycles. The smallest absolute Gasteiger partial charge is 0.162 e. The lowest BCUT2D eigenvalue weighted by atomic mass is 9.95. The van der Waals surface area contributed by atoms with Crippen LogP contribution in [0.3, 0.4) is 0 Å². The topological polar surface area (TPSA) is 44.5 Å². The molecule has 88 valence electrons. The number of halogens is 1. The van der Waals surface area contributed by atoms with Crippen molar-refractivity contribution in [1.82, 2.24) is 0 Å². The predicted octanol–water partition coefficient (Wildman–Crippen LogP) is 2.35. The molecule has 16 heavy (non-hydrogen) atoms. The fourth-order valence-electron chi connectivity index (χ4n) is 1.99. The average molecular weight is 242 g/mol. The van der Waals surface area contributed by atoms with Crippen molar-refractivity contribution in [2.75, 3.05) is 20.8 Å². The maximum absolute atomic E-state index is 6.25. The van der Waals surface area contributed by atoms with Gasteiger partial charge in [-0.05, 0) is 24.5 Å². The van der Waals surface area contributed by atoms with Crippen molar-refractivity contribution in [3.8, 4) is 11.5 Å². The fraction of sp³-hybridized carbons (Fsp3) is 0.500. The third-order valence-electron chi connectivity index (χ3n) is 3.29. The SMILES string of the molecule is COc1cc(Cl)c(C2(CN)CC2)cc1OC. The Kier molecular flexibility index (Phi) is 3.00. The number of ether oxygens (including phenoxy) is 2. The van der Waals surface area contributed by atoms with Crippen LogP contribution in [-0.4, -0.2) is 20.8 Å². The number of benzene rings is 1. The largest absolute Gasteiger partial charge is 0.493 e. The molecular formula is C12H16ClNO2. The molecule has 1 fully saturated rings. The minimum atomic E-state index is 0.0661. The molecule has 1 saturated carbocycles. The van der Waals surface area contributed by atoms with Crippen LogP contribution in [0.5, 0.6) is 11.5 Å². The second-order valence-corrected chi connectivity index (χ2v) is 4.58. The Bertz CT molecular complexity index is 402. The molecule has 2 N–H and O–H groups in total. The van der Waals surface area contributed by atoms with Crippen LogP contribution >= 0.6 is 11.6 Å². The Morgan fingerprint density at radius 2 is 1.81 bits per heavy atom. The summed E-state index contributed by atoms with van der Waals surface area (Å²) in [6, 6.07) is 3.74. The molecule has 0 heterocycles. The number of rotatable bonds is 4. The first-order chi connectivity index (χ1) is 7.66. The van der Waals surface area contributed by atoms with E-state index in [-0.39, 0.29) is 5.41 Å². The van der Waals surface area contributed by atoms with Crippen LogP contribution in [0, 0.1) is 0 Å². The van der Waals surface area contributed by atoms with Gasteiger partial charge in [-0.3, -0.25) is 0 Å². The van der Waals surface area contributed by atoms with Gasteiger partial charge in [-0.25, -0.2) is 0 Å². The van der Waals surface area contributed by atoms with E-state index in [0.717, 1.165) is 18.4 Å². The van der Waals surface area contributed by atoms with Gasteiger partial charge >= 0.3 is 0 Å². The second-order valence-electron chi connectivity index (χ2n) is 4.17. The quantitative estimate of drug-likeness (QED) is 0.880. The van der Waals surface area contributed by atoms with Crippen LogP contribution in [0.25, 0.3) is 0 Å². The van der Waals surface area contributed by atoms with Crippen molar-refractivity contribution in [3.05, 3.63) is 22.7 Å². The lowest BCUT2D eigenvalue weighted by molar-refractivity contribution is 0.354. The summed E-state index contributed by atoms with van der Waals surface area (Å²) in [4.78, 5) is 0. The predicted molar refractivity (Wildman–Crippen MR) is 64.5 cm³/mol. The van der Waals surface area contributed by atoms with Gasteiger partial charge in [0.1, 0.15) is 0 Å². The molecule has 0 radical (unpaired) electrons. The molecule has 0 amide bonds. The van der Waals surface area contributed by atoms with E-state index in [1.165, 1.54) is 0 Å². The van der Waals surface area contributed by atoms with E-state index in [2.05, 4.69) is 0 Å². The van der Waals surface area contributed by atoms with Gasteiger partial charge in [0.2, 0.25) is 0 Å². The zero-order valence-electron chi connectivity index (χ0n) is 9.55. The van der Waals surface area contributed by atoms with E-state index in [0.29, 0.717) is 23.1 Å². The van der Waals surface area contributed by atoms with Crippen molar-refractivity contribution in [2.45, 2.75) is 18.3 Å². The first-order valence-electron chi connectivity index (χ1n) is 5.29. The molecule has 4 heteroatoms. The molecule has 1 aliphatic carbocycles. The molecule has 0 atom stereocenters. The van der Waals surface area contributed by atoms with Crippen molar-refractivity contribution in [1.29, 1.82) is 0 Å². The molecule has 0 saturated heterocycles. The van der Waals surface area contributed by atoms with Gasteiger partial charge in [0.05, 0.1) is 14.2 Å². The first kappa shape index (κ1) is 11.6. The van der Waals surface area contributed by atoms with Gasteiger partial charge in [0.25, 0.3) is 0 Å². The van der Waals surface area contributed by atoms with Gasteiger partial charge in [0, 0.05) is 23.0 Å². The number of methoxy groups -OCH3 is 2. The zero-order valence-corrected chi connectivity index (χ0v) is 10.3. The Balaban J connectivity index is 2.47. The van der Waals surface area contributed by atoms with Crippen LogP contribution in [0.2, 0.25) is 5.02 Å². The third-order valence-corrected chi connectivity index (χ3v) is 3.60. The van der Waals surface area contributed by atoms with E-state index in [9.17, 15) is 0 Å². The molecule has 1 aliphatic rings. The van der Waals surface area contributed by atoms with E-state index >= 15 is 0 Å². The highest BCUT2D eigenvalue weighted by molar-refractivity contribution is 6.31. The van der Waals surface area contributed by atoms with Crippen molar-refractivity contribution < 1.29 is 9.47 Å². The number of hydrogen-bond acceptors (Lipinski definition) is 3. The highest BCUT2D eigenvalue weighted by atomic mass is 35.5. The zero-order chi connectivity index (χ0) is 11.8. The second kappa shape index (κ2) is 4.15. The summed E-state index contributed by atoms with van der Waals surface area (Å²) < 4.78 is 10.5. The minimum Gasteiger partial charge on any atom is -0.493 e. The highest BCUT2D eigenvalue weighted by Crippen LogP contribution is 2.51. The Labute approximate surface area is 100 Å². The summed E-state index contributed by atoms with van der Waals surface area (Å²) in [6.45, 7) is 0.627. The normalized spacial score (nSPS) is 17.0. The molecule has 1 aromatic rings. The van der Waals surface area contributed by atoms with Crippen molar-refractivity contribution in [2.24, 2.45) is 5.73 Å². The lowest BCUT2D eigenvalue weighted by Gasteiger charge is -2.17. The first-order valence-corrected chi connectivity index (χ1v) is 5.67. The van der Waals surface area contributed by atoms with Crippen LogP contribution in [-0.2, 0) is 5.41 Å². The van der Waals surface area contributed by atoms with Crippen LogP contribution < -0.4 is 15.2 Å². The molecular weight excluding hydrogens is 226 g/mol. The van der Waals surface area contributed by atoms with E-state index in [1.807, 2.05) is 6.07 Å². The summed E-state index contributed by atoms with van der Waals surface area (Å²) in [5, 5.41) is 0.709. The van der Waals surface area contributed by atoms with Crippen LogP contribution in [0.15, 0.2) is 12.1 Å². The summed E-state index contributed by atoms with van der Waals surface area (Å²) in [7, 11) is 3.22. The van der Waals surface area contributed by atoms with E-state index in [4.69, 9.17) is 26.8 Å². The lowest BCUT2D eigenvalue weighted by Crippen LogP contribution is -2.20. The standard InChI is InChI=1S/C12H16ClNO2/c1-15-10-5-8(12(7-14)3-4-12)9(13)6-11(10)16-2/h5-6H,3-4,7,14H2,1-2H3. The van der Waals surface area contributed by atoms with Crippen molar-refractivity contribution >= 4 is 11.6 Å². The Morgan fingerprint density at radius 1 is 1.25 bits per heavy atom.